The predicted octanol–water partition coefficient (Wildman–Crippen LogP) is 5.36. The molecule has 3 rings (SSSR count). The minimum atomic E-state index is -4.50. The van der Waals surface area contributed by atoms with Crippen LogP contribution in [0.5, 0.6) is 0 Å². The molecule has 0 aliphatic heterocycles. The van der Waals surface area contributed by atoms with Gasteiger partial charge in [0.2, 0.25) is 0 Å². The van der Waals surface area contributed by atoms with Crippen molar-refractivity contribution >= 4 is 17.6 Å². The highest BCUT2D eigenvalue weighted by atomic mass is 19.4. The van der Waals surface area contributed by atoms with Crippen LogP contribution in [0.1, 0.15) is 59.4 Å². The summed E-state index contributed by atoms with van der Waals surface area (Å²) in [6.07, 6.45) is -0.799. The zero-order chi connectivity index (χ0) is 25.6. The molecule has 0 aliphatic rings. The number of anilines is 1. The summed E-state index contributed by atoms with van der Waals surface area (Å²) in [6, 6.07) is 12.5. The van der Waals surface area contributed by atoms with Gasteiger partial charge in [-0.05, 0) is 54.8 Å². The predicted molar refractivity (Wildman–Crippen MR) is 126 cm³/mol. The van der Waals surface area contributed by atoms with Crippen LogP contribution in [-0.2, 0) is 11.0 Å². The number of aromatic nitrogens is 2. The number of benzene rings is 2. The Hall–Kier alpha value is -3.82. The Labute approximate surface area is 201 Å². The zero-order valence-electron chi connectivity index (χ0n) is 19.4. The smallest absolute Gasteiger partial charge is 0.434 e. The molecule has 3 N–H and O–H groups in total. The molecule has 0 spiro atoms. The highest BCUT2D eigenvalue weighted by Crippen LogP contribution is 2.30. The van der Waals surface area contributed by atoms with E-state index in [1.165, 1.54) is 4.57 Å². The summed E-state index contributed by atoms with van der Waals surface area (Å²) in [4.78, 5) is 26.2. The van der Waals surface area contributed by atoms with Gasteiger partial charge in [-0.3, -0.25) is 9.59 Å². The molecule has 0 saturated heterocycles. The third-order valence-corrected chi connectivity index (χ3v) is 5.47. The van der Waals surface area contributed by atoms with Crippen LogP contribution in [0.2, 0.25) is 0 Å². The van der Waals surface area contributed by atoms with Gasteiger partial charge in [-0.1, -0.05) is 25.5 Å². The van der Waals surface area contributed by atoms with E-state index in [1.807, 2.05) is 31.2 Å². The number of aliphatic carboxylic acids is 1. The highest BCUT2D eigenvalue weighted by Gasteiger charge is 2.33. The second-order valence-corrected chi connectivity index (χ2v) is 8.17. The monoisotopic (exact) mass is 488 g/mol. The number of carbonyl (C=O) groups excluding carboxylic acids is 1. The van der Waals surface area contributed by atoms with E-state index in [0.29, 0.717) is 11.3 Å². The lowest BCUT2D eigenvalue weighted by Gasteiger charge is -2.21. The van der Waals surface area contributed by atoms with E-state index in [0.717, 1.165) is 42.2 Å². The molecule has 0 saturated carbocycles. The summed E-state index contributed by atoms with van der Waals surface area (Å²) in [5.41, 5.74) is 2.67. The van der Waals surface area contributed by atoms with Crippen molar-refractivity contribution in [1.29, 1.82) is 0 Å². The quantitative estimate of drug-likeness (QED) is 0.357. The van der Waals surface area contributed by atoms with Gasteiger partial charge < -0.3 is 20.3 Å². The number of hydrogen-bond acceptors (Lipinski definition) is 4. The first-order valence-electron chi connectivity index (χ1n) is 11.2. The minimum Gasteiger partial charge on any atom is -0.481 e. The fourth-order valence-corrected chi connectivity index (χ4v) is 3.70. The molecule has 1 unspecified atom stereocenters. The summed E-state index contributed by atoms with van der Waals surface area (Å²) < 4.78 is 40.0. The molecule has 35 heavy (non-hydrogen) atoms. The number of rotatable bonds is 10. The zero-order valence-corrected chi connectivity index (χ0v) is 19.4. The summed E-state index contributed by atoms with van der Waals surface area (Å²) in [5.74, 6) is -1.31. The van der Waals surface area contributed by atoms with Crippen LogP contribution in [0.4, 0.5) is 18.9 Å². The summed E-state index contributed by atoms with van der Waals surface area (Å²) in [5, 5.41) is 14.7. The molecular formula is C25H27F3N4O3. The van der Waals surface area contributed by atoms with E-state index >= 15 is 0 Å². The largest absolute Gasteiger partial charge is 0.481 e. The van der Waals surface area contributed by atoms with Gasteiger partial charge in [0.1, 0.15) is 0 Å². The van der Waals surface area contributed by atoms with Crippen LogP contribution in [-0.4, -0.2) is 33.1 Å². The number of carboxylic acids is 1. The summed E-state index contributed by atoms with van der Waals surface area (Å²) in [6.45, 7) is 3.94. The van der Waals surface area contributed by atoms with E-state index in [2.05, 4.69) is 22.5 Å². The summed E-state index contributed by atoms with van der Waals surface area (Å²) >= 11 is 0. The van der Waals surface area contributed by atoms with Crippen LogP contribution < -0.4 is 10.6 Å². The van der Waals surface area contributed by atoms with Crippen LogP contribution in [0.15, 0.2) is 55.0 Å². The standard InChI is InChI=1S/C25H27F3N4O3/c1-3-4-20(17-5-7-18(8-6-17)24(35)29-12-11-23(33)34)31-19-9-10-21(16(2)13-19)32-14-22(30-15-32)25(26,27)28/h5-10,13-15,20,31H,3-4,11-12H2,1-2H3,(H,29,35)(H,33,34). The number of carbonyl (C=O) groups is 2. The second kappa shape index (κ2) is 11.1. The SMILES string of the molecule is CCCC(Nc1ccc(-n2cnc(C(F)(F)F)c2)c(C)c1)c1ccc(C(=O)NCCC(=O)O)cc1. The number of amides is 1. The molecule has 1 atom stereocenters. The Balaban J connectivity index is 1.72. The molecule has 10 heteroatoms. The molecule has 0 fully saturated rings. The van der Waals surface area contributed by atoms with Gasteiger partial charge >= 0.3 is 12.1 Å². The van der Waals surface area contributed by atoms with Crippen molar-refractivity contribution in [2.75, 3.05) is 11.9 Å². The average molecular weight is 489 g/mol. The van der Waals surface area contributed by atoms with Crippen molar-refractivity contribution in [2.24, 2.45) is 0 Å². The van der Waals surface area contributed by atoms with Crippen molar-refractivity contribution in [3.8, 4) is 5.69 Å². The maximum absolute atomic E-state index is 12.9. The number of alkyl halides is 3. The van der Waals surface area contributed by atoms with Crippen molar-refractivity contribution < 1.29 is 27.9 Å². The van der Waals surface area contributed by atoms with Crippen LogP contribution in [0, 0.1) is 6.92 Å². The highest BCUT2D eigenvalue weighted by molar-refractivity contribution is 5.94. The third kappa shape index (κ3) is 6.84. The fraction of sp³-hybridized carbons (Fsp3) is 0.320. The van der Waals surface area contributed by atoms with E-state index in [9.17, 15) is 22.8 Å². The Bertz CT molecular complexity index is 1170. The number of halogens is 3. The first kappa shape index (κ1) is 25.8. The number of hydrogen-bond donors (Lipinski definition) is 3. The molecule has 186 valence electrons. The average Bonchev–Trinajstić information content (AvgIpc) is 3.29. The third-order valence-electron chi connectivity index (χ3n) is 5.47. The number of aryl methyl sites for hydroxylation is 1. The normalized spacial score (nSPS) is 12.3. The molecule has 0 bridgehead atoms. The second-order valence-electron chi connectivity index (χ2n) is 8.17. The van der Waals surface area contributed by atoms with Crippen LogP contribution >= 0.6 is 0 Å². The number of nitrogens with zero attached hydrogens (tertiary/aromatic N) is 2. The van der Waals surface area contributed by atoms with Gasteiger partial charge in [-0.15, -0.1) is 0 Å². The Morgan fingerprint density at radius 3 is 2.43 bits per heavy atom. The topological polar surface area (TPSA) is 96.3 Å². The lowest BCUT2D eigenvalue weighted by molar-refractivity contribution is -0.141. The number of imidazole rings is 1. The van der Waals surface area contributed by atoms with Gasteiger partial charge in [-0.2, -0.15) is 13.2 Å². The van der Waals surface area contributed by atoms with Crippen LogP contribution in [0.3, 0.4) is 0 Å². The molecule has 7 nitrogen and oxygen atoms in total. The van der Waals surface area contributed by atoms with Crippen molar-refractivity contribution in [1.82, 2.24) is 14.9 Å². The Morgan fingerprint density at radius 1 is 1.14 bits per heavy atom. The molecule has 0 aliphatic carbocycles. The molecule has 1 heterocycles. The van der Waals surface area contributed by atoms with Crippen molar-refractivity contribution in [3.05, 3.63) is 77.4 Å². The molecule has 1 aromatic heterocycles. The van der Waals surface area contributed by atoms with Gasteiger partial charge in [-0.25, -0.2) is 4.98 Å². The number of carboxylic acid groups (broad SMARTS) is 1. The van der Waals surface area contributed by atoms with Gasteiger partial charge in [0.15, 0.2) is 5.69 Å². The van der Waals surface area contributed by atoms with E-state index in [1.54, 1.807) is 18.2 Å². The Kier molecular flexibility index (Phi) is 8.16. The van der Waals surface area contributed by atoms with Gasteiger partial charge in [0.25, 0.3) is 5.91 Å². The van der Waals surface area contributed by atoms with Gasteiger partial charge in [0, 0.05) is 29.7 Å². The van der Waals surface area contributed by atoms with E-state index < -0.39 is 17.8 Å². The van der Waals surface area contributed by atoms with E-state index in [4.69, 9.17) is 5.11 Å². The first-order valence-corrected chi connectivity index (χ1v) is 11.2. The Morgan fingerprint density at radius 2 is 1.86 bits per heavy atom. The van der Waals surface area contributed by atoms with Crippen molar-refractivity contribution in [3.63, 3.8) is 0 Å². The lowest BCUT2D eigenvalue weighted by Crippen LogP contribution is -2.26. The number of nitrogens with one attached hydrogen (secondary N) is 2. The fourth-order valence-electron chi connectivity index (χ4n) is 3.70. The maximum Gasteiger partial charge on any atom is 0.434 e. The summed E-state index contributed by atoms with van der Waals surface area (Å²) in [7, 11) is 0. The molecular weight excluding hydrogens is 461 g/mol. The molecule has 0 radical (unpaired) electrons. The minimum absolute atomic E-state index is 0.0422. The van der Waals surface area contributed by atoms with E-state index in [-0.39, 0.29) is 24.9 Å². The van der Waals surface area contributed by atoms with Crippen molar-refractivity contribution in [2.45, 2.75) is 45.3 Å². The molecule has 3 aromatic rings. The maximum atomic E-state index is 12.9. The lowest BCUT2D eigenvalue weighted by atomic mass is 10.00. The first-order chi connectivity index (χ1) is 16.6. The molecule has 1 amide bonds. The molecule has 2 aromatic carbocycles. The van der Waals surface area contributed by atoms with Crippen LogP contribution in [0.25, 0.3) is 5.69 Å². The van der Waals surface area contributed by atoms with Gasteiger partial charge in [0.05, 0.1) is 18.8 Å².